The zero-order valence-corrected chi connectivity index (χ0v) is 12.0. The van der Waals surface area contributed by atoms with Crippen molar-refractivity contribution in [3.63, 3.8) is 0 Å². The van der Waals surface area contributed by atoms with Gasteiger partial charge in [0.25, 0.3) is 0 Å². The number of nitrogens with zero attached hydrogens (tertiary/aromatic N) is 1. The third kappa shape index (κ3) is 2.92. The number of benzene rings is 1. The molecule has 2 N–H and O–H groups in total. The Morgan fingerprint density at radius 2 is 2.15 bits per heavy atom. The maximum Gasteiger partial charge on any atom is 0.239 e. The third-order valence-electron chi connectivity index (χ3n) is 3.69. The lowest BCUT2D eigenvalue weighted by molar-refractivity contribution is -0.137. The number of carbonyl (C=O) groups is 2. The van der Waals surface area contributed by atoms with Crippen molar-refractivity contribution in [3.8, 4) is 0 Å². The first kappa shape index (κ1) is 14.4. The number of rotatable bonds is 4. The summed E-state index contributed by atoms with van der Waals surface area (Å²) in [6, 6.07) is 7.88. The number of carbonyl (C=O) groups excluding carboxylic acids is 2. The van der Waals surface area contributed by atoms with Crippen LogP contribution in [0.3, 0.4) is 0 Å². The fourth-order valence-electron chi connectivity index (χ4n) is 2.54. The van der Waals surface area contributed by atoms with Crippen LogP contribution in [-0.2, 0) is 9.59 Å². The minimum Gasteiger partial charge on any atom is -0.385 e. The average molecular weight is 275 g/mol. The molecule has 1 heterocycles. The molecule has 0 bridgehead atoms. The maximum absolute atomic E-state index is 12.7. The summed E-state index contributed by atoms with van der Waals surface area (Å²) in [4.78, 5) is 25.8. The van der Waals surface area contributed by atoms with E-state index in [1.165, 1.54) is 0 Å². The molecule has 0 fully saturated rings. The van der Waals surface area contributed by atoms with Crippen LogP contribution in [0.25, 0.3) is 0 Å². The molecule has 0 saturated carbocycles. The Labute approximate surface area is 119 Å². The van der Waals surface area contributed by atoms with Crippen molar-refractivity contribution in [1.82, 2.24) is 10.2 Å². The van der Waals surface area contributed by atoms with E-state index >= 15 is 0 Å². The van der Waals surface area contributed by atoms with Gasteiger partial charge in [-0.05, 0) is 25.0 Å². The topological polar surface area (TPSA) is 61.4 Å². The summed E-state index contributed by atoms with van der Waals surface area (Å²) in [5, 5.41) is 5.87. The molecular weight excluding hydrogens is 254 g/mol. The van der Waals surface area contributed by atoms with Gasteiger partial charge in [-0.1, -0.05) is 18.2 Å². The molecule has 20 heavy (non-hydrogen) atoms. The van der Waals surface area contributed by atoms with E-state index in [0.717, 1.165) is 24.2 Å². The molecule has 1 aromatic rings. The van der Waals surface area contributed by atoms with Crippen molar-refractivity contribution in [3.05, 3.63) is 29.8 Å². The molecule has 0 aliphatic carbocycles. The second-order valence-electron chi connectivity index (χ2n) is 4.88. The lowest BCUT2D eigenvalue weighted by atomic mass is 9.90. The van der Waals surface area contributed by atoms with Crippen molar-refractivity contribution >= 4 is 17.5 Å². The fourth-order valence-corrected chi connectivity index (χ4v) is 2.54. The molecule has 2 amide bonds. The number of nitrogens with one attached hydrogen (secondary N) is 2. The highest BCUT2D eigenvalue weighted by Gasteiger charge is 2.29. The van der Waals surface area contributed by atoms with Crippen LogP contribution in [0, 0.1) is 0 Å². The van der Waals surface area contributed by atoms with Crippen molar-refractivity contribution < 1.29 is 9.59 Å². The van der Waals surface area contributed by atoms with E-state index in [-0.39, 0.29) is 24.3 Å². The lowest BCUT2D eigenvalue weighted by Crippen LogP contribution is -2.42. The summed E-state index contributed by atoms with van der Waals surface area (Å²) < 4.78 is 0. The van der Waals surface area contributed by atoms with Crippen LogP contribution in [-0.4, -0.2) is 43.4 Å². The molecule has 1 aromatic carbocycles. The van der Waals surface area contributed by atoms with Gasteiger partial charge in [-0.15, -0.1) is 0 Å². The van der Waals surface area contributed by atoms with E-state index in [1.54, 1.807) is 11.9 Å². The van der Waals surface area contributed by atoms with E-state index in [0.29, 0.717) is 6.54 Å². The lowest BCUT2D eigenvalue weighted by Gasteiger charge is -2.30. The van der Waals surface area contributed by atoms with Gasteiger partial charge in [0.05, 0.1) is 12.5 Å². The Morgan fingerprint density at radius 1 is 1.40 bits per heavy atom. The van der Waals surface area contributed by atoms with Gasteiger partial charge in [0, 0.05) is 25.8 Å². The van der Waals surface area contributed by atoms with E-state index < -0.39 is 0 Å². The zero-order valence-electron chi connectivity index (χ0n) is 12.0. The van der Waals surface area contributed by atoms with Crippen LogP contribution in [0.5, 0.6) is 0 Å². The number of fused-ring (bicyclic) bond motifs is 1. The summed E-state index contributed by atoms with van der Waals surface area (Å²) in [5.74, 6) is -0.260. The largest absolute Gasteiger partial charge is 0.385 e. The second kappa shape index (κ2) is 6.41. The SMILES string of the molecule is CCN(CC(=O)NC)C(=O)C1CCNc2ccccc21. The minimum absolute atomic E-state index is 0.0325. The van der Waals surface area contributed by atoms with Crippen molar-refractivity contribution in [2.75, 3.05) is 32.0 Å². The Hall–Kier alpha value is -2.04. The van der Waals surface area contributed by atoms with Crippen molar-refractivity contribution in [2.45, 2.75) is 19.3 Å². The first-order chi connectivity index (χ1) is 9.67. The van der Waals surface area contributed by atoms with Gasteiger partial charge in [0.2, 0.25) is 11.8 Å². The van der Waals surface area contributed by atoms with Crippen LogP contribution < -0.4 is 10.6 Å². The summed E-state index contributed by atoms with van der Waals surface area (Å²) >= 11 is 0. The Balaban J connectivity index is 2.18. The standard InChI is InChI=1S/C15H21N3O2/c1-3-18(10-14(19)16-2)15(20)12-8-9-17-13-7-5-4-6-11(12)13/h4-7,12,17H,3,8-10H2,1-2H3,(H,16,19). The van der Waals surface area contributed by atoms with Gasteiger partial charge in [0.15, 0.2) is 0 Å². The molecule has 1 aliphatic rings. The van der Waals surface area contributed by atoms with E-state index in [9.17, 15) is 9.59 Å². The highest BCUT2D eigenvalue weighted by atomic mass is 16.2. The van der Waals surface area contributed by atoms with Gasteiger partial charge in [-0.25, -0.2) is 0 Å². The van der Waals surface area contributed by atoms with Crippen molar-refractivity contribution in [2.24, 2.45) is 0 Å². The molecule has 0 radical (unpaired) electrons. The number of hydrogen-bond donors (Lipinski definition) is 2. The van der Waals surface area contributed by atoms with Gasteiger partial charge >= 0.3 is 0 Å². The molecule has 5 nitrogen and oxygen atoms in total. The Bertz CT molecular complexity index is 502. The summed E-state index contributed by atoms with van der Waals surface area (Å²) in [5.41, 5.74) is 2.05. The fraction of sp³-hybridized carbons (Fsp3) is 0.467. The molecule has 0 aromatic heterocycles. The molecular formula is C15H21N3O2. The summed E-state index contributed by atoms with van der Waals surface area (Å²) in [6.45, 7) is 3.34. The Morgan fingerprint density at radius 3 is 2.85 bits per heavy atom. The van der Waals surface area contributed by atoms with E-state index in [1.807, 2.05) is 31.2 Å². The van der Waals surface area contributed by atoms with Gasteiger partial charge < -0.3 is 15.5 Å². The highest BCUT2D eigenvalue weighted by Crippen LogP contribution is 2.32. The average Bonchev–Trinajstić information content (AvgIpc) is 2.51. The molecule has 2 rings (SSSR count). The van der Waals surface area contributed by atoms with Gasteiger partial charge in [0.1, 0.15) is 0 Å². The van der Waals surface area contributed by atoms with Crippen LogP contribution in [0.4, 0.5) is 5.69 Å². The summed E-state index contributed by atoms with van der Waals surface area (Å²) in [6.07, 6.45) is 0.764. The first-order valence-corrected chi connectivity index (χ1v) is 6.99. The van der Waals surface area contributed by atoms with Gasteiger partial charge in [-0.3, -0.25) is 9.59 Å². The number of amides is 2. The molecule has 0 spiro atoms. The predicted molar refractivity (Wildman–Crippen MR) is 78.6 cm³/mol. The van der Waals surface area contributed by atoms with Crippen LogP contribution in [0.15, 0.2) is 24.3 Å². The van der Waals surface area contributed by atoms with Crippen LogP contribution >= 0.6 is 0 Å². The minimum atomic E-state index is -0.156. The second-order valence-corrected chi connectivity index (χ2v) is 4.88. The monoisotopic (exact) mass is 275 g/mol. The van der Waals surface area contributed by atoms with Crippen LogP contribution in [0.2, 0.25) is 0 Å². The normalized spacial score (nSPS) is 16.8. The highest BCUT2D eigenvalue weighted by molar-refractivity contribution is 5.90. The number of likely N-dealkylation sites (N-methyl/N-ethyl adjacent to an activating group) is 2. The Kier molecular flexibility index (Phi) is 4.61. The smallest absolute Gasteiger partial charge is 0.239 e. The predicted octanol–water partition coefficient (Wildman–Crippen LogP) is 1.18. The number of para-hydroxylation sites is 1. The third-order valence-corrected chi connectivity index (χ3v) is 3.69. The molecule has 108 valence electrons. The number of hydrogen-bond acceptors (Lipinski definition) is 3. The summed E-state index contributed by atoms with van der Waals surface area (Å²) in [7, 11) is 1.58. The molecule has 1 atom stereocenters. The molecule has 1 aliphatic heterocycles. The first-order valence-electron chi connectivity index (χ1n) is 6.99. The van der Waals surface area contributed by atoms with Crippen LogP contribution in [0.1, 0.15) is 24.8 Å². The number of anilines is 1. The molecule has 1 unspecified atom stereocenters. The molecule has 5 heteroatoms. The van der Waals surface area contributed by atoms with Crippen molar-refractivity contribution in [1.29, 1.82) is 0 Å². The zero-order chi connectivity index (χ0) is 14.5. The quantitative estimate of drug-likeness (QED) is 0.867. The molecule has 0 saturated heterocycles. The van der Waals surface area contributed by atoms with Gasteiger partial charge in [-0.2, -0.15) is 0 Å². The van der Waals surface area contributed by atoms with E-state index in [4.69, 9.17) is 0 Å². The maximum atomic E-state index is 12.7. The van der Waals surface area contributed by atoms with E-state index in [2.05, 4.69) is 10.6 Å².